The van der Waals surface area contributed by atoms with Crippen LogP contribution in [0.3, 0.4) is 0 Å². The molecule has 1 atom stereocenters. The molecule has 2 aromatic rings. The Kier molecular flexibility index (Phi) is 4.57. The predicted octanol–water partition coefficient (Wildman–Crippen LogP) is 6.17. The Balaban J connectivity index is 2.49. The Bertz CT molecular complexity index is 555. The third-order valence-electron chi connectivity index (χ3n) is 2.21. The molecule has 0 aliphatic rings. The zero-order valence-corrected chi connectivity index (χ0v) is 14.1. The molecular formula is C11H4Br3F3S. The van der Waals surface area contributed by atoms with E-state index >= 15 is 0 Å². The van der Waals surface area contributed by atoms with E-state index in [0.717, 1.165) is 8.26 Å². The van der Waals surface area contributed by atoms with Crippen molar-refractivity contribution in [1.29, 1.82) is 0 Å². The Morgan fingerprint density at radius 3 is 2.00 bits per heavy atom. The van der Waals surface area contributed by atoms with Gasteiger partial charge in [0.2, 0.25) is 0 Å². The minimum Gasteiger partial charge on any atom is -0.207 e. The van der Waals surface area contributed by atoms with E-state index in [9.17, 15) is 13.2 Å². The van der Waals surface area contributed by atoms with E-state index < -0.39 is 22.3 Å². The highest BCUT2D eigenvalue weighted by Gasteiger charge is 2.23. The van der Waals surface area contributed by atoms with Crippen molar-refractivity contribution in [1.82, 2.24) is 0 Å². The number of benzene rings is 1. The average Bonchev–Trinajstić information content (AvgIpc) is 2.57. The molecule has 0 nitrogen and oxygen atoms in total. The zero-order chi connectivity index (χ0) is 13.4. The minimum absolute atomic E-state index is 0.197. The van der Waals surface area contributed by atoms with Crippen molar-refractivity contribution < 1.29 is 13.2 Å². The van der Waals surface area contributed by atoms with Gasteiger partial charge in [0.25, 0.3) is 0 Å². The molecule has 0 saturated carbocycles. The van der Waals surface area contributed by atoms with Gasteiger partial charge >= 0.3 is 0 Å². The first-order chi connectivity index (χ1) is 8.40. The van der Waals surface area contributed by atoms with Gasteiger partial charge in [0, 0.05) is 27.0 Å². The predicted molar refractivity (Wildman–Crippen MR) is 76.8 cm³/mol. The fraction of sp³-hybridized carbons (Fsp3) is 0.0909. The van der Waals surface area contributed by atoms with E-state index in [0.29, 0.717) is 17.0 Å². The van der Waals surface area contributed by atoms with E-state index in [-0.39, 0.29) is 5.56 Å². The molecule has 1 aromatic heterocycles. The highest BCUT2D eigenvalue weighted by atomic mass is 79.9. The SMILES string of the molecule is Fc1cc(F)c(C(Br)c2cc(Br)c(Br)s2)c(F)c1. The lowest BCUT2D eigenvalue weighted by Gasteiger charge is -2.10. The molecule has 18 heavy (non-hydrogen) atoms. The molecule has 0 amide bonds. The van der Waals surface area contributed by atoms with Crippen LogP contribution in [0.5, 0.6) is 0 Å². The summed E-state index contributed by atoms with van der Waals surface area (Å²) in [7, 11) is 0. The quantitative estimate of drug-likeness (QED) is 0.466. The molecule has 7 heteroatoms. The standard InChI is InChI=1S/C11H4Br3F3S/c12-5-3-8(18-11(5)14)10(13)9-6(16)1-4(15)2-7(9)17/h1-3,10H. The molecule has 0 N–H and O–H groups in total. The summed E-state index contributed by atoms with van der Waals surface area (Å²) >= 11 is 11.2. The molecule has 0 aliphatic carbocycles. The van der Waals surface area contributed by atoms with Crippen molar-refractivity contribution in [2.75, 3.05) is 0 Å². The van der Waals surface area contributed by atoms with Gasteiger partial charge in [0.05, 0.1) is 8.61 Å². The Hall–Kier alpha value is 0.150. The Labute approximate surface area is 131 Å². The van der Waals surface area contributed by atoms with Crippen LogP contribution < -0.4 is 0 Å². The van der Waals surface area contributed by atoms with Crippen LogP contribution in [0.25, 0.3) is 0 Å². The Morgan fingerprint density at radius 2 is 1.56 bits per heavy atom. The van der Waals surface area contributed by atoms with Gasteiger partial charge in [0.1, 0.15) is 17.5 Å². The van der Waals surface area contributed by atoms with Crippen LogP contribution in [0.4, 0.5) is 13.2 Å². The molecule has 2 rings (SSSR count). The van der Waals surface area contributed by atoms with E-state index in [1.54, 1.807) is 6.07 Å². The number of thiophene rings is 1. The van der Waals surface area contributed by atoms with Crippen molar-refractivity contribution >= 4 is 59.1 Å². The van der Waals surface area contributed by atoms with Crippen LogP contribution >= 0.6 is 59.1 Å². The molecule has 1 aromatic carbocycles. The summed E-state index contributed by atoms with van der Waals surface area (Å²) in [6, 6.07) is 3.09. The van der Waals surface area contributed by atoms with Gasteiger partial charge in [-0.15, -0.1) is 11.3 Å². The third-order valence-corrected chi connectivity index (χ3v) is 6.79. The van der Waals surface area contributed by atoms with Gasteiger partial charge in [-0.1, -0.05) is 15.9 Å². The first kappa shape index (κ1) is 14.6. The number of hydrogen-bond donors (Lipinski definition) is 0. The second-order valence-electron chi connectivity index (χ2n) is 3.42. The summed E-state index contributed by atoms with van der Waals surface area (Å²) in [5.41, 5.74) is -0.197. The molecule has 0 bridgehead atoms. The van der Waals surface area contributed by atoms with Gasteiger partial charge in [-0.05, 0) is 37.9 Å². The monoisotopic (exact) mass is 462 g/mol. The Morgan fingerprint density at radius 1 is 1.00 bits per heavy atom. The van der Waals surface area contributed by atoms with Crippen molar-refractivity contribution in [3.63, 3.8) is 0 Å². The maximum absolute atomic E-state index is 13.6. The van der Waals surface area contributed by atoms with E-state index in [4.69, 9.17) is 0 Å². The number of rotatable bonds is 2. The molecule has 1 heterocycles. The lowest BCUT2D eigenvalue weighted by atomic mass is 10.1. The number of alkyl halides is 1. The van der Waals surface area contributed by atoms with Gasteiger partial charge in [-0.2, -0.15) is 0 Å². The molecule has 1 unspecified atom stereocenters. The highest BCUT2D eigenvalue weighted by molar-refractivity contribution is 9.13. The second-order valence-corrected chi connectivity index (χ2v) is 7.59. The van der Waals surface area contributed by atoms with Crippen LogP contribution in [0.2, 0.25) is 0 Å². The van der Waals surface area contributed by atoms with E-state index in [2.05, 4.69) is 47.8 Å². The molecular weight excluding hydrogens is 461 g/mol. The summed E-state index contributed by atoms with van der Waals surface area (Å²) < 4.78 is 41.7. The summed E-state index contributed by atoms with van der Waals surface area (Å²) in [6.07, 6.45) is 0. The molecule has 0 saturated heterocycles. The van der Waals surface area contributed by atoms with Gasteiger partial charge in [-0.3, -0.25) is 0 Å². The fourth-order valence-electron chi connectivity index (χ4n) is 1.43. The van der Waals surface area contributed by atoms with Gasteiger partial charge in [-0.25, -0.2) is 13.2 Å². The summed E-state index contributed by atoms with van der Waals surface area (Å²) in [6.45, 7) is 0. The first-order valence-electron chi connectivity index (χ1n) is 4.63. The van der Waals surface area contributed by atoms with Crippen LogP contribution in [-0.2, 0) is 0 Å². The van der Waals surface area contributed by atoms with Gasteiger partial charge in [0.15, 0.2) is 0 Å². The van der Waals surface area contributed by atoms with Crippen LogP contribution in [0.1, 0.15) is 15.3 Å². The van der Waals surface area contributed by atoms with Crippen molar-refractivity contribution in [2.24, 2.45) is 0 Å². The van der Waals surface area contributed by atoms with Crippen molar-refractivity contribution in [3.8, 4) is 0 Å². The summed E-state index contributed by atoms with van der Waals surface area (Å²) in [5.74, 6) is -2.74. The maximum atomic E-state index is 13.6. The maximum Gasteiger partial charge on any atom is 0.133 e. The summed E-state index contributed by atoms with van der Waals surface area (Å²) in [4.78, 5) is 0.0452. The van der Waals surface area contributed by atoms with Crippen molar-refractivity contribution in [2.45, 2.75) is 4.83 Å². The van der Waals surface area contributed by atoms with Crippen LogP contribution in [0, 0.1) is 17.5 Å². The first-order valence-corrected chi connectivity index (χ1v) is 7.95. The normalized spacial score (nSPS) is 12.8. The largest absolute Gasteiger partial charge is 0.207 e. The average molecular weight is 465 g/mol. The van der Waals surface area contributed by atoms with E-state index in [1.165, 1.54) is 11.3 Å². The molecule has 0 fully saturated rings. The zero-order valence-electron chi connectivity index (χ0n) is 8.49. The number of halogens is 6. The lowest BCUT2D eigenvalue weighted by Crippen LogP contribution is -2.00. The number of hydrogen-bond acceptors (Lipinski definition) is 1. The topological polar surface area (TPSA) is 0 Å². The molecule has 0 aliphatic heterocycles. The third kappa shape index (κ3) is 2.84. The van der Waals surface area contributed by atoms with E-state index in [1.807, 2.05) is 0 Å². The van der Waals surface area contributed by atoms with Crippen molar-refractivity contribution in [3.05, 3.63) is 54.4 Å². The van der Waals surface area contributed by atoms with Gasteiger partial charge < -0.3 is 0 Å². The second kappa shape index (κ2) is 5.64. The molecule has 0 spiro atoms. The fourth-order valence-corrected chi connectivity index (χ4v) is 4.35. The minimum atomic E-state index is -0.929. The van der Waals surface area contributed by atoms with Crippen LogP contribution in [-0.4, -0.2) is 0 Å². The molecule has 96 valence electrons. The highest BCUT2D eigenvalue weighted by Crippen LogP contribution is 2.42. The van der Waals surface area contributed by atoms with Crippen LogP contribution in [0.15, 0.2) is 26.5 Å². The lowest BCUT2D eigenvalue weighted by molar-refractivity contribution is 0.528. The molecule has 0 radical (unpaired) electrons. The summed E-state index contributed by atoms with van der Waals surface area (Å²) in [5, 5.41) is 0. The smallest absolute Gasteiger partial charge is 0.133 e.